The summed E-state index contributed by atoms with van der Waals surface area (Å²) in [6.45, 7) is -2.08. The Morgan fingerprint density at radius 3 is 2.22 bits per heavy atom. The van der Waals surface area contributed by atoms with E-state index in [0.29, 0.717) is 0 Å². The van der Waals surface area contributed by atoms with Crippen molar-refractivity contribution in [3.8, 4) is 5.75 Å². The Labute approximate surface area is 95.6 Å². The van der Waals surface area contributed by atoms with Crippen LogP contribution < -0.4 is 4.74 Å². The number of ether oxygens (including phenoxy) is 1. The fraction of sp³-hybridized carbons (Fsp3) is 0.222. The first kappa shape index (κ1) is 14.1. The number of hydrogen-bond acceptors (Lipinski definition) is 2. The summed E-state index contributed by atoms with van der Waals surface area (Å²) in [5.74, 6) is -9.45. The summed E-state index contributed by atoms with van der Waals surface area (Å²) in [5, 5.41) is 8.43. The zero-order valence-electron chi connectivity index (χ0n) is 8.32. The summed E-state index contributed by atoms with van der Waals surface area (Å²) in [5.41, 5.74) is -1.33. The number of carboxylic acid groups (broad SMARTS) is 1. The molecule has 0 saturated heterocycles. The van der Waals surface area contributed by atoms with Crippen LogP contribution in [0, 0.1) is 17.5 Å². The summed E-state index contributed by atoms with van der Waals surface area (Å²) >= 11 is 0. The second-order valence-electron chi connectivity index (χ2n) is 3.07. The van der Waals surface area contributed by atoms with Gasteiger partial charge >= 0.3 is 12.1 Å². The van der Waals surface area contributed by atoms with Crippen molar-refractivity contribution in [3.63, 3.8) is 0 Å². The van der Waals surface area contributed by atoms with Crippen molar-refractivity contribution in [2.45, 2.75) is 6.18 Å². The maximum absolute atomic E-state index is 13.3. The van der Waals surface area contributed by atoms with Crippen LogP contribution in [-0.2, 0) is 0 Å². The van der Waals surface area contributed by atoms with Crippen molar-refractivity contribution in [1.29, 1.82) is 0 Å². The van der Waals surface area contributed by atoms with Gasteiger partial charge in [0.1, 0.15) is 5.56 Å². The van der Waals surface area contributed by atoms with Gasteiger partial charge in [-0.15, -0.1) is 0 Å². The van der Waals surface area contributed by atoms with Gasteiger partial charge in [-0.2, -0.15) is 17.6 Å². The second kappa shape index (κ2) is 4.75. The Morgan fingerprint density at radius 2 is 1.78 bits per heavy atom. The number of rotatable bonds is 3. The van der Waals surface area contributed by atoms with Crippen molar-refractivity contribution >= 4 is 5.97 Å². The fourth-order valence-corrected chi connectivity index (χ4v) is 1.02. The van der Waals surface area contributed by atoms with Gasteiger partial charge < -0.3 is 9.84 Å². The van der Waals surface area contributed by atoms with Crippen LogP contribution in [0.5, 0.6) is 5.75 Å². The maximum Gasteiger partial charge on any atom is 0.422 e. The Kier molecular flexibility index (Phi) is 3.73. The molecular weight excluding hydrogens is 270 g/mol. The van der Waals surface area contributed by atoms with E-state index < -0.39 is 47.5 Å². The number of benzene rings is 1. The van der Waals surface area contributed by atoms with E-state index >= 15 is 0 Å². The van der Waals surface area contributed by atoms with Crippen LogP contribution >= 0.6 is 0 Å². The van der Waals surface area contributed by atoms with Crippen molar-refractivity contribution in [2.24, 2.45) is 0 Å². The van der Waals surface area contributed by atoms with Gasteiger partial charge in [-0.1, -0.05) is 0 Å². The molecule has 0 radical (unpaired) electrons. The average molecular weight is 274 g/mol. The van der Waals surface area contributed by atoms with Crippen molar-refractivity contribution in [2.75, 3.05) is 6.61 Å². The smallest absolute Gasteiger partial charge is 0.422 e. The van der Waals surface area contributed by atoms with E-state index in [9.17, 15) is 31.1 Å². The molecule has 0 aliphatic rings. The predicted molar refractivity (Wildman–Crippen MR) is 44.8 cm³/mol. The van der Waals surface area contributed by atoms with Gasteiger partial charge in [0.2, 0.25) is 5.82 Å². The molecule has 0 heterocycles. The highest BCUT2D eigenvalue weighted by molar-refractivity contribution is 5.88. The van der Waals surface area contributed by atoms with Crippen LogP contribution in [0.1, 0.15) is 10.4 Å². The Hall–Kier alpha value is -1.93. The molecule has 1 aromatic rings. The average Bonchev–Trinajstić information content (AvgIpc) is 2.21. The zero-order valence-corrected chi connectivity index (χ0v) is 8.32. The molecule has 1 aromatic carbocycles. The third-order valence-corrected chi connectivity index (χ3v) is 1.73. The molecular formula is C9H4F6O3. The van der Waals surface area contributed by atoms with Crippen molar-refractivity contribution in [3.05, 3.63) is 29.1 Å². The van der Waals surface area contributed by atoms with E-state index in [1.807, 2.05) is 0 Å². The molecule has 3 nitrogen and oxygen atoms in total. The maximum atomic E-state index is 13.3. The number of hydrogen-bond donors (Lipinski definition) is 1. The standard InChI is InChI=1S/C9H4F6O3/c10-4-1-3(8(16)17)5(11)7(6(4)12)18-2-9(13,14)15/h1H,2H2,(H,16,17). The SMILES string of the molecule is O=C(O)c1cc(F)c(F)c(OCC(F)(F)F)c1F. The van der Waals surface area contributed by atoms with Gasteiger partial charge in [0, 0.05) is 0 Å². The highest BCUT2D eigenvalue weighted by Crippen LogP contribution is 2.29. The summed E-state index contributed by atoms with van der Waals surface area (Å²) in [4.78, 5) is 10.4. The largest absolute Gasteiger partial charge is 0.478 e. The van der Waals surface area contributed by atoms with Crippen LogP contribution in [0.15, 0.2) is 6.07 Å². The van der Waals surface area contributed by atoms with Crippen LogP contribution in [-0.4, -0.2) is 23.9 Å². The van der Waals surface area contributed by atoms with Gasteiger partial charge in [0.25, 0.3) is 0 Å². The molecule has 0 bridgehead atoms. The lowest BCUT2D eigenvalue weighted by molar-refractivity contribution is -0.154. The lowest BCUT2D eigenvalue weighted by Gasteiger charge is -2.12. The molecule has 1 rings (SSSR count). The van der Waals surface area contributed by atoms with Gasteiger partial charge in [-0.05, 0) is 6.07 Å². The monoisotopic (exact) mass is 274 g/mol. The summed E-state index contributed by atoms with van der Waals surface area (Å²) in [6, 6.07) is 0.00739. The summed E-state index contributed by atoms with van der Waals surface area (Å²) < 4.78 is 78.2. The molecule has 0 fully saturated rings. The molecule has 0 amide bonds. The van der Waals surface area contributed by atoms with E-state index in [1.54, 1.807) is 0 Å². The van der Waals surface area contributed by atoms with Crippen LogP contribution in [0.4, 0.5) is 26.3 Å². The van der Waals surface area contributed by atoms with E-state index in [1.165, 1.54) is 0 Å². The first-order valence-electron chi connectivity index (χ1n) is 4.24. The summed E-state index contributed by atoms with van der Waals surface area (Å²) in [6.07, 6.45) is -4.91. The molecule has 0 aliphatic heterocycles. The molecule has 0 aromatic heterocycles. The van der Waals surface area contributed by atoms with Gasteiger partial charge in [0.05, 0.1) is 0 Å². The van der Waals surface area contributed by atoms with E-state index in [4.69, 9.17) is 5.11 Å². The summed E-state index contributed by atoms with van der Waals surface area (Å²) in [7, 11) is 0. The number of halogens is 6. The van der Waals surface area contributed by atoms with Crippen LogP contribution in [0.3, 0.4) is 0 Å². The second-order valence-corrected chi connectivity index (χ2v) is 3.07. The lowest BCUT2D eigenvalue weighted by Crippen LogP contribution is -2.21. The lowest BCUT2D eigenvalue weighted by atomic mass is 10.2. The third kappa shape index (κ3) is 3.05. The van der Waals surface area contributed by atoms with Gasteiger partial charge in [-0.25, -0.2) is 13.6 Å². The van der Waals surface area contributed by atoms with Gasteiger partial charge in [-0.3, -0.25) is 0 Å². The van der Waals surface area contributed by atoms with Crippen molar-refractivity contribution in [1.82, 2.24) is 0 Å². The van der Waals surface area contributed by atoms with E-state index in [2.05, 4.69) is 4.74 Å². The zero-order chi connectivity index (χ0) is 14.1. The highest BCUT2D eigenvalue weighted by atomic mass is 19.4. The molecule has 0 atom stereocenters. The molecule has 0 aliphatic carbocycles. The van der Waals surface area contributed by atoms with Crippen molar-refractivity contribution < 1.29 is 41.0 Å². The Bertz CT molecular complexity index is 482. The van der Waals surface area contributed by atoms with Crippen LogP contribution in [0.25, 0.3) is 0 Å². The molecule has 1 N–H and O–H groups in total. The molecule has 9 heteroatoms. The molecule has 0 unspecified atom stereocenters. The van der Waals surface area contributed by atoms with Gasteiger partial charge in [0.15, 0.2) is 24.0 Å². The van der Waals surface area contributed by atoms with E-state index in [0.717, 1.165) is 0 Å². The predicted octanol–water partition coefficient (Wildman–Crippen LogP) is 2.74. The minimum absolute atomic E-state index is 0.00739. The third-order valence-electron chi connectivity index (χ3n) is 1.73. The number of aromatic carboxylic acids is 1. The minimum atomic E-state index is -4.91. The molecule has 0 saturated carbocycles. The number of carboxylic acids is 1. The van der Waals surface area contributed by atoms with E-state index in [-0.39, 0.29) is 6.07 Å². The first-order valence-corrected chi connectivity index (χ1v) is 4.24. The molecule has 100 valence electrons. The molecule has 0 spiro atoms. The Morgan fingerprint density at radius 1 is 1.22 bits per heavy atom. The number of carbonyl (C=O) groups is 1. The quantitative estimate of drug-likeness (QED) is 0.681. The fourth-order valence-electron chi connectivity index (χ4n) is 1.02. The first-order chi connectivity index (χ1) is 8.13. The highest BCUT2D eigenvalue weighted by Gasteiger charge is 2.31. The Balaban J connectivity index is 3.21. The molecule has 18 heavy (non-hydrogen) atoms. The number of alkyl halides is 3. The topological polar surface area (TPSA) is 46.5 Å². The minimum Gasteiger partial charge on any atom is -0.478 e. The van der Waals surface area contributed by atoms with Crippen LogP contribution in [0.2, 0.25) is 0 Å². The normalized spacial score (nSPS) is 11.4.